The molecule has 0 aromatic heterocycles. The molecular weight excluding hydrogens is 292 g/mol. The highest BCUT2D eigenvalue weighted by molar-refractivity contribution is 9.09. The van der Waals surface area contributed by atoms with Crippen molar-refractivity contribution in [1.29, 1.82) is 0 Å². The molecule has 1 aromatic rings. The summed E-state index contributed by atoms with van der Waals surface area (Å²) in [6, 6.07) is 10.6. The fourth-order valence-corrected chi connectivity index (χ4v) is 5.01. The van der Waals surface area contributed by atoms with Gasteiger partial charge in [-0.3, -0.25) is 0 Å². The summed E-state index contributed by atoms with van der Waals surface area (Å²) in [5.41, 5.74) is -0.0284. The number of rotatable bonds is 6. The average Bonchev–Trinajstić information content (AvgIpc) is 2.26. The molecule has 96 valence electrons. The van der Waals surface area contributed by atoms with E-state index >= 15 is 0 Å². The highest BCUT2D eigenvalue weighted by Crippen LogP contribution is 2.22. The van der Waals surface area contributed by atoms with E-state index in [-0.39, 0.29) is 5.60 Å². The van der Waals surface area contributed by atoms with Crippen LogP contribution in [0.25, 0.3) is 0 Å². The SMILES string of the molecule is CC(C)(CCCBr)O[Si](C)(C)c1ccccc1. The van der Waals surface area contributed by atoms with Crippen molar-refractivity contribution in [3.8, 4) is 0 Å². The normalized spacial score (nSPS) is 12.8. The van der Waals surface area contributed by atoms with Crippen LogP contribution in [0.2, 0.25) is 13.1 Å². The smallest absolute Gasteiger partial charge is 0.218 e. The molecule has 0 atom stereocenters. The molecule has 0 unspecified atom stereocenters. The maximum absolute atomic E-state index is 6.43. The molecule has 1 nitrogen and oxygen atoms in total. The lowest BCUT2D eigenvalue weighted by molar-refractivity contribution is 0.0931. The molecule has 17 heavy (non-hydrogen) atoms. The average molecular weight is 315 g/mol. The van der Waals surface area contributed by atoms with Crippen molar-refractivity contribution >= 4 is 29.4 Å². The van der Waals surface area contributed by atoms with Gasteiger partial charge in [0.05, 0.1) is 5.60 Å². The van der Waals surface area contributed by atoms with E-state index in [1.54, 1.807) is 0 Å². The molecule has 0 spiro atoms. The van der Waals surface area contributed by atoms with E-state index in [0.717, 1.165) is 18.2 Å². The van der Waals surface area contributed by atoms with Gasteiger partial charge in [0.1, 0.15) is 0 Å². The van der Waals surface area contributed by atoms with E-state index in [1.165, 1.54) is 5.19 Å². The van der Waals surface area contributed by atoms with E-state index in [1.807, 2.05) is 0 Å². The van der Waals surface area contributed by atoms with E-state index in [9.17, 15) is 0 Å². The highest BCUT2D eigenvalue weighted by atomic mass is 79.9. The zero-order valence-electron chi connectivity index (χ0n) is 11.3. The summed E-state index contributed by atoms with van der Waals surface area (Å²) in [5.74, 6) is 0. The molecule has 0 N–H and O–H groups in total. The van der Waals surface area contributed by atoms with Gasteiger partial charge in [-0.25, -0.2) is 0 Å². The maximum atomic E-state index is 6.43. The lowest BCUT2D eigenvalue weighted by Gasteiger charge is -2.35. The van der Waals surface area contributed by atoms with Gasteiger partial charge in [-0.15, -0.1) is 0 Å². The Labute approximate surface area is 115 Å². The lowest BCUT2D eigenvalue weighted by atomic mass is 10.0. The fraction of sp³-hybridized carbons (Fsp3) is 0.571. The standard InChI is InChI=1S/C14H23BrOSi/c1-14(2,11-8-12-15)16-17(3,4)13-9-6-5-7-10-13/h5-7,9-10H,8,11-12H2,1-4H3. The molecule has 0 heterocycles. The molecular formula is C14H23BrOSi. The first-order chi connectivity index (χ1) is 7.87. The number of hydrogen-bond donors (Lipinski definition) is 0. The van der Waals surface area contributed by atoms with Gasteiger partial charge in [-0.2, -0.15) is 0 Å². The Morgan fingerprint density at radius 1 is 1.18 bits per heavy atom. The summed E-state index contributed by atoms with van der Waals surface area (Å²) in [6.45, 7) is 8.96. The molecule has 0 aliphatic carbocycles. The van der Waals surface area contributed by atoms with Crippen LogP contribution in [0.1, 0.15) is 26.7 Å². The predicted molar refractivity (Wildman–Crippen MR) is 81.8 cm³/mol. The van der Waals surface area contributed by atoms with E-state index in [4.69, 9.17) is 4.43 Å². The van der Waals surface area contributed by atoms with Crippen LogP contribution in [0, 0.1) is 0 Å². The third-order valence-electron chi connectivity index (χ3n) is 2.91. The Balaban J connectivity index is 2.72. The summed E-state index contributed by atoms with van der Waals surface area (Å²) >= 11 is 3.48. The van der Waals surface area contributed by atoms with E-state index < -0.39 is 8.32 Å². The second-order valence-electron chi connectivity index (χ2n) is 5.53. The van der Waals surface area contributed by atoms with Gasteiger partial charge in [0.15, 0.2) is 0 Å². The second kappa shape index (κ2) is 6.16. The number of alkyl halides is 1. The molecule has 0 radical (unpaired) electrons. The fourth-order valence-electron chi connectivity index (χ4n) is 2.13. The van der Waals surface area contributed by atoms with Crippen LogP contribution in [0.3, 0.4) is 0 Å². The van der Waals surface area contributed by atoms with Gasteiger partial charge < -0.3 is 4.43 Å². The van der Waals surface area contributed by atoms with Gasteiger partial charge in [0.25, 0.3) is 0 Å². The van der Waals surface area contributed by atoms with Gasteiger partial charge in [-0.05, 0) is 45.0 Å². The molecule has 1 aromatic carbocycles. The Hall–Kier alpha value is -0.123. The van der Waals surface area contributed by atoms with Gasteiger partial charge >= 0.3 is 0 Å². The molecule has 0 aliphatic rings. The lowest BCUT2D eigenvalue weighted by Crippen LogP contribution is -2.50. The number of benzene rings is 1. The molecule has 3 heteroatoms. The number of halogens is 1. The minimum Gasteiger partial charge on any atom is -0.408 e. The van der Waals surface area contributed by atoms with Crippen molar-refractivity contribution in [3.05, 3.63) is 30.3 Å². The monoisotopic (exact) mass is 314 g/mol. The molecule has 0 aliphatic heterocycles. The Bertz CT molecular complexity index is 335. The van der Waals surface area contributed by atoms with Crippen molar-refractivity contribution in [3.63, 3.8) is 0 Å². The molecule has 1 rings (SSSR count). The van der Waals surface area contributed by atoms with Crippen LogP contribution in [-0.2, 0) is 4.43 Å². The third kappa shape index (κ3) is 4.94. The summed E-state index contributed by atoms with van der Waals surface area (Å²) < 4.78 is 6.43. The number of hydrogen-bond acceptors (Lipinski definition) is 1. The quantitative estimate of drug-likeness (QED) is 0.568. The summed E-state index contributed by atoms with van der Waals surface area (Å²) in [5, 5.41) is 2.42. The van der Waals surface area contributed by atoms with Crippen molar-refractivity contribution < 1.29 is 4.43 Å². The zero-order valence-corrected chi connectivity index (χ0v) is 13.9. The van der Waals surface area contributed by atoms with Crippen LogP contribution in [0.15, 0.2) is 30.3 Å². The van der Waals surface area contributed by atoms with Crippen LogP contribution in [0.4, 0.5) is 0 Å². The third-order valence-corrected chi connectivity index (χ3v) is 6.26. The van der Waals surface area contributed by atoms with Gasteiger partial charge in [-0.1, -0.05) is 46.3 Å². The first kappa shape index (κ1) is 14.9. The van der Waals surface area contributed by atoms with E-state index in [0.29, 0.717) is 0 Å². The molecule has 0 saturated carbocycles. The minimum atomic E-state index is -1.78. The Morgan fingerprint density at radius 3 is 2.29 bits per heavy atom. The van der Waals surface area contributed by atoms with Crippen LogP contribution in [-0.4, -0.2) is 19.2 Å². The van der Waals surface area contributed by atoms with Crippen LogP contribution >= 0.6 is 15.9 Å². The van der Waals surface area contributed by atoms with Crippen LogP contribution < -0.4 is 5.19 Å². The second-order valence-corrected chi connectivity index (χ2v) is 10.1. The van der Waals surface area contributed by atoms with Crippen molar-refractivity contribution in [2.45, 2.75) is 45.4 Å². The molecule has 0 amide bonds. The first-order valence-corrected chi connectivity index (χ1v) is 10.2. The molecule has 0 saturated heterocycles. The van der Waals surface area contributed by atoms with Gasteiger partial charge in [0, 0.05) is 5.33 Å². The predicted octanol–water partition coefficient (Wildman–Crippen LogP) is 4.07. The van der Waals surface area contributed by atoms with E-state index in [2.05, 4.69) is 73.2 Å². The molecule has 0 fully saturated rings. The summed E-state index contributed by atoms with van der Waals surface area (Å²) in [6.07, 6.45) is 2.26. The Morgan fingerprint density at radius 2 is 1.76 bits per heavy atom. The molecule has 0 bridgehead atoms. The minimum absolute atomic E-state index is 0.0284. The Kier molecular flexibility index (Phi) is 5.42. The summed E-state index contributed by atoms with van der Waals surface area (Å²) in [7, 11) is -1.78. The maximum Gasteiger partial charge on any atom is 0.218 e. The zero-order chi connectivity index (χ0) is 12.9. The highest BCUT2D eigenvalue weighted by Gasteiger charge is 2.32. The van der Waals surface area contributed by atoms with Crippen molar-refractivity contribution in [2.24, 2.45) is 0 Å². The van der Waals surface area contributed by atoms with Crippen molar-refractivity contribution in [1.82, 2.24) is 0 Å². The summed E-state index contributed by atoms with van der Waals surface area (Å²) in [4.78, 5) is 0. The van der Waals surface area contributed by atoms with Crippen LogP contribution in [0.5, 0.6) is 0 Å². The first-order valence-electron chi connectivity index (χ1n) is 6.19. The topological polar surface area (TPSA) is 9.23 Å². The largest absolute Gasteiger partial charge is 0.408 e. The van der Waals surface area contributed by atoms with Crippen molar-refractivity contribution in [2.75, 3.05) is 5.33 Å². The van der Waals surface area contributed by atoms with Gasteiger partial charge in [0.2, 0.25) is 8.32 Å².